The molecule has 134 valence electrons. The number of thiophene rings is 1. The lowest BCUT2D eigenvalue weighted by atomic mass is 10.1. The SMILES string of the molecule is COc1cc(NC(=O)c2cc(C)sc2C)c(C(=O)N(C)C)cc1OC. The molecule has 2 aromatic rings. The van der Waals surface area contributed by atoms with Gasteiger partial charge in [0.1, 0.15) is 0 Å². The van der Waals surface area contributed by atoms with Crippen LogP contribution in [-0.4, -0.2) is 45.0 Å². The predicted molar refractivity (Wildman–Crippen MR) is 99.3 cm³/mol. The number of hydrogen-bond donors (Lipinski definition) is 1. The quantitative estimate of drug-likeness (QED) is 0.886. The molecular formula is C18H22N2O4S. The molecule has 0 aliphatic rings. The van der Waals surface area contributed by atoms with Crippen molar-refractivity contribution >= 4 is 28.8 Å². The Balaban J connectivity index is 2.49. The van der Waals surface area contributed by atoms with Gasteiger partial charge in [0, 0.05) is 29.9 Å². The average Bonchev–Trinajstić information content (AvgIpc) is 2.92. The monoisotopic (exact) mass is 362 g/mol. The first kappa shape index (κ1) is 18.8. The highest BCUT2D eigenvalue weighted by molar-refractivity contribution is 7.12. The summed E-state index contributed by atoms with van der Waals surface area (Å²) >= 11 is 1.56. The van der Waals surface area contributed by atoms with Crippen molar-refractivity contribution < 1.29 is 19.1 Å². The third-order valence-corrected chi connectivity index (χ3v) is 4.66. The van der Waals surface area contributed by atoms with E-state index in [1.807, 2.05) is 19.9 Å². The van der Waals surface area contributed by atoms with E-state index in [1.165, 1.54) is 19.1 Å². The lowest BCUT2D eigenvalue weighted by molar-refractivity contribution is 0.0828. The van der Waals surface area contributed by atoms with E-state index in [0.717, 1.165) is 9.75 Å². The third kappa shape index (κ3) is 3.93. The fraction of sp³-hybridized carbons (Fsp3) is 0.333. The lowest BCUT2D eigenvalue weighted by Gasteiger charge is -2.18. The Kier molecular flexibility index (Phi) is 5.69. The van der Waals surface area contributed by atoms with Crippen LogP contribution < -0.4 is 14.8 Å². The number of aryl methyl sites for hydroxylation is 2. The minimum Gasteiger partial charge on any atom is -0.493 e. The molecule has 0 atom stereocenters. The maximum Gasteiger partial charge on any atom is 0.256 e. The first-order valence-corrected chi connectivity index (χ1v) is 8.46. The standard InChI is InChI=1S/C18H22N2O4S/c1-10-7-12(11(2)25-10)17(21)19-14-9-16(24-6)15(23-5)8-13(14)18(22)20(3)4/h7-9H,1-6H3,(H,19,21). The van der Waals surface area contributed by atoms with Crippen LogP contribution in [0.15, 0.2) is 18.2 Å². The summed E-state index contributed by atoms with van der Waals surface area (Å²) in [6.07, 6.45) is 0. The Hall–Kier alpha value is -2.54. The highest BCUT2D eigenvalue weighted by Crippen LogP contribution is 2.34. The second-order valence-electron chi connectivity index (χ2n) is 5.73. The fourth-order valence-corrected chi connectivity index (χ4v) is 3.37. The van der Waals surface area contributed by atoms with Gasteiger partial charge in [0.2, 0.25) is 0 Å². The van der Waals surface area contributed by atoms with Crippen LogP contribution in [0.3, 0.4) is 0 Å². The molecular weight excluding hydrogens is 340 g/mol. The first-order chi connectivity index (χ1) is 11.8. The van der Waals surface area contributed by atoms with Crippen LogP contribution in [0.5, 0.6) is 11.5 Å². The molecule has 1 heterocycles. The van der Waals surface area contributed by atoms with Crippen molar-refractivity contribution in [3.63, 3.8) is 0 Å². The molecule has 2 amide bonds. The zero-order valence-electron chi connectivity index (χ0n) is 15.2. The highest BCUT2D eigenvalue weighted by atomic mass is 32.1. The van der Waals surface area contributed by atoms with Gasteiger partial charge in [-0.1, -0.05) is 0 Å². The van der Waals surface area contributed by atoms with Crippen LogP contribution in [0.2, 0.25) is 0 Å². The van der Waals surface area contributed by atoms with E-state index in [0.29, 0.717) is 28.3 Å². The van der Waals surface area contributed by atoms with Gasteiger partial charge in [-0.15, -0.1) is 11.3 Å². The van der Waals surface area contributed by atoms with Crippen molar-refractivity contribution in [2.24, 2.45) is 0 Å². The molecule has 0 unspecified atom stereocenters. The molecule has 0 fully saturated rings. The van der Waals surface area contributed by atoms with Crippen molar-refractivity contribution in [3.05, 3.63) is 39.1 Å². The molecule has 25 heavy (non-hydrogen) atoms. The molecule has 2 rings (SSSR count). The van der Waals surface area contributed by atoms with Gasteiger partial charge in [0.25, 0.3) is 11.8 Å². The van der Waals surface area contributed by atoms with Crippen LogP contribution in [0.25, 0.3) is 0 Å². The van der Waals surface area contributed by atoms with Gasteiger partial charge >= 0.3 is 0 Å². The molecule has 1 aromatic heterocycles. The molecule has 0 saturated carbocycles. The normalized spacial score (nSPS) is 10.3. The molecule has 0 radical (unpaired) electrons. The number of amides is 2. The number of methoxy groups -OCH3 is 2. The molecule has 7 heteroatoms. The van der Waals surface area contributed by atoms with Crippen LogP contribution in [0.4, 0.5) is 5.69 Å². The average molecular weight is 362 g/mol. The van der Waals surface area contributed by atoms with Gasteiger partial charge in [0.15, 0.2) is 11.5 Å². The number of carbonyl (C=O) groups excluding carboxylic acids is 2. The summed E-state index contributed by atoms with van der Waals surface area (Å²) in [4.78, 5) is 28.6. The summed E-state index contributed by atoms with van der Waals surface area (Å²) in [5.74, 6) is 0.357. The van der Waals surface area contributed by atoms with Gasteiger partial charge in [-0.25, -0.2) is 0 Å². The van der Waals surface area contributed by atoms with Crippen molar-refractivity contribution in [3.8, 4) is 11.5 Å². The number of benzene rings is 1. The third-order valence-electron chi connectivity index (χ3n) is 3.69. The van der Waals surface area contributed by atoms with Gasteiger partial charge in [0.05, 0.1) is 31.0 Å². The van der Waals surface area contributed by atoms with E-state index in [2.05, 4.69) is 5.32 Å². The van der Waals surface area contributed by atoms with Crippen molar-refractivity contribution in [1.29, 1.82) is 0 Å². The van der Waals surface area contributed by atoms with Crippen LogP contribution in [0, 0.1) is 13.8 Å². The second kappa shape index (κ2) is 7.57. The summed E-state index contributed by atoms with van der Waals surface area (Å²) in [5.41, 5.74) is 1.31. The smallest absolute Gasteiger partial charge is 0.256 e. The topological polar surface area (TPSA) is 67.9 Å². The maximum absolute atomic E-state index is 12.6. The fourth-order valence-electron chi connectivity index (χ4n) is 2.45. The van der Waals surface area contributed by atoms with Gasteiger partial charge < -0.3 is 19.7 Å². The Morgan fingerprint density at radius 3 is 2.08 bits per heavy atom. The molecule has 6 nitrogen and oxygen atoms in total. The Bertz CT molecular complexity index is 812. The molecule has 0 aliphatic carbocycles. The number of nitrogens with zero attached hydrogens (tertiary/aromatic N) is 1. The lowest BCUT2D eigenvalue weighted by Crippen LogP contribution is -2.24. The number of anilines is 1. The first-order valence-electron chi connectivity index (χ1n) is 7.64. The second-order valence-corrected chi connectivity index (χ2v) is 7.19. The number of nitrogens with one attached hydrogen (secondary N) is 1. The number of ether oxygens (including phenoxy) is 2. The maximum atomic E-state index is 12.6. The van der Waals surface area contributed by atoms with E-state index in [4.69, 9.17) is 9.47 Å². The highest BCUT2D eigenvalue weighted by Gasteiger charge is 2.21. The summed E-state index contributed by atoms with van der Waals surface area (Å²) in [7, 11) is 6.30. The van der Waals surface area contributed by atoms with Gasteiger partial charge in [-0.3, -0.25) is 9.59 Å². The number of carbonyl (C=O) groups is 2. The zero-order chi connectivity index (χ0) is 18.7. The summed E-state index contributed by atoms with van der Waals surface area (Å²) in [6.45, 7) is 3.85. The summed E-state index contributed by atoms with van der Waals surface area (Å²) < 4.78 is 10.6. The van der Waals surface area contributed by atoms with Crippen LogP contribution in [-0.2, 0) is 0 Å². The molecule has 0 bridgehead atoms. The summed E-state index contributed by atoms with van der Waals surface area (Å²) in [5, 5.41) is 2.83. The van der Waals surface area contributed by atoms with Crippen molar-refractivity contribution in [2.75, 3.05) is 33.6 Å². The van der Waals surface area contributed by atoms with E-state index >= 15 is 0 Å². The van der Waals surface area contributed by atoms with Gasteiger partial charge in [-0.2, -0.15) is 0 Å². The van der Waals surface area contributed by atoms with E-state index in [-0.39, 0.29) is 11.8 Å². The molecule has 0 saturated heterocycles. The largest absolute Gasteiger partial charge is 0.493 e. The number of hydrogen-bond acceptors (Lipinski definition) is 5. The molecule has 1 aromatic carbocycles. The predicted octanol–water partition coefficient (Wildman–Crippen LogP) is 3.34. The Morgan fingerprint density at radius 2 is 1.60 bits per heavy atom. The molecule has 1 N–H and O–H groups in total. The van der Waals surface area contributed by atoms with Crippen molar-refractivity contribution in [1.82, 2.24) is 4.90 Å². The molecule has 0 spiro atoms. The Morgan fingerprint density at radius 1 is 1.00 bits per heavy atom. The summed E-state index contributed by atoms with van der Waals surface area (Å²) in [6, 6.07) is 5.01. The minimum absolute atomic E-state index is 0.241. The number of rotatable bonds is 5. The van der Waals surface area contributed by atoms with Gasteiger partial charge in [-0.05, 0) is 26.0 Å². The van der Waals surface area contributed by atoms with E-state index < -0.39 is 0 Å². The Labute approximate surface area is 151 Å². The zero-order valence-corrected chi connectivity index (χ0v) is 16.0. The van der Waals surface area contributed by atoms with Crippen molar-refractivity contribution in [2.45, 2.75) is 13.8 Å². The van der Waals surface area contributed by atoms with E-state index in [9.17, 15) is 9.59 Å². The van der Waals surface area contributed by atoms with Crippen LogP contribution >= 0.6 is 11.3 Å². The molecule has 0 aliphatic heterocycles. The van der Waals surface area contributed by atoms with Crippen LogP contribution in [0.1, 0.15) is 30.5 Å². The minimum atomic E-state index is -0.262. The van der Waals surface area contributed by atoms with E-state index in [1.54, 1.807) is 37.6 Å².